The second kappa shape index (κ2) is 5.17. The van der Waals surface area contributed by atoms with E-state index in [9.17, 15) is 0 Å². The summed E-state index contributed by atoms with van der Waals surface area (Å²) in [6.45, 7) is 2.16. The van der Waals surface area contributed by atoms with Crippen LogP contribution in [0.5, 0.6) is 0 Å². The first-order chi connectivity index (χ1) is 9.24. The van der Waals surface area contributed by atoms with Gasteiger partial charge in [-0.3, -0.25) is 4.98 Å². The van der Waals surface area contributed by atoms with Gasteiger partial charge in [0.15, 0.2) is 0 Å². The van der Waals surface area contributed by atoms with Gasteiger partial charge in [-0.2, -0.15) is 0 Å². The van der Waals surface area contributed by atoms with Crippen molar-refractivity contribution < 1.29 is 0 Å². The zero-order chi connectivity index (χ0) is 13.2. The Hall–Kier alpha value is -1.61. The number of aryl methyl sites for hydroxylation is 1. The Morgan fingerprint density at radius 2 is 2.21 bits per heavy atom. The molecule has 1 N–H and O–H groups in total. The number of fused-ring (bicyclic) bond motifs is 3. The lowest BCUT2D eigenvalue weighted by Crippen LogP contribution is -2.15. The summed E-state index contributed by atoms with van der Waals surface area (Å²) in [5.74, 6) is 0. The zero-order valence-corrected chi connectivity index (χ0v) is 11.7. The van der Waals surface area contributed by atoms with E-state index in [2.05, 4.69) is 47.5 Å². The minimum absolute atomic E-state index is 1.08. The molecule has 0 atom stereocenters. The molecular formula is C16H21N3. The standard InChI is InChI=1S/C16H21N3/c1-19(2)9-7-12-5-6-15-14(10-12)16-13(11-18-15)4-3-8-17-16/h5-6,10-11,17H,3-4,7-9H2,1-2H3. The predicted molar refractivity (Wildman–Crippen MR) is 80.8 cm³/mol. The van der Waals surface area contributed by atoms with Gasteiger partial charge in [0.05, 0.1) is 5.52 Å². The number of rotatable bonds is 3. The molecule has 0 unspecified atom stereocenters. The average molecular weight is 255 g/mol. The number of hydrogen-bond donors (Lipinski definition) is 1. The van der Waals surface area contributed by atoms with Crippen LogP contribution < -0.4 is 5.32 Å². The van der Waals surface area contributed by atoms with E-state index in [0.717, 1.165) is 31.4 Å². The third-order valence-corrected chi connectivity index (χ3v) is 3.78. The first-order valence-electron chi connectivity index (χ1n) is 7.03. The summed E-state index contributed by atoms with van der Waals surface area (Å²) < 4.78 is 0. The largest absolute Gasteiger partial charge is 0.384 e. The van der Waals surface area contributed by atoms with Crippen LogP contribution in [0.2, 0.25) is 0 Å². The van der Waals surface area contributed by atoms with Crippen molar-refractivity contribution in [2.24, 2.45) is 0 Å². The monoisotopic (exact) mass is 255 g/mol. The number of aromatic nitrogens is 1. The van der Waals surface area contributed by atoms with Crippen LogP contribution in [-0.4, -0.2) is 37.1 Å². The number of likely N-dealkylation sites (N-methyl/N-ethyl adjacent to an activating group) is 1. The van der Waals surface area contributed by atoms with Crippen LogP contribution in [0.3, 0.4) is 0 Å². The van der Waals surface area contributed by atoms with Gasteiger partial charge in [0.25, 0.3) is 0 Å². The fourth-order valence-corrected chi connectivity index (χ4v) is 2.68. The highest BCUT2D eigenvalue weighted by Crippen LogP contribution is 2.30. The Labute approximate surface area is 114 Å². The number of nitrogens with one attached hydrogen (secondary N) is 1. The second-order valence-corrected chi connectivity index (χ2v) is 5.59. The van der Waals surface area contributed by atoms with Gasteiger partial charge in [0.2, 0.25) is 0 Å². The van der Waals surface area contributed by atoms with E-state index in [4.69, 9.17) is 0 Å². The van der Waals surface area contributed by atoms with Crippen molar-refractivity contribution in [2.75, 3.05) is 32.5 Å². The van der Waals surface area contributed by atoms with Gasteiger partial charge in [-0.1, -0.05) is 6.07 Å². The minimum Gasteiger partial charge on any atom is -0.384 e. The molecule has 2 heterocycles. The van der Waals surface area contributed by atoms with Crippen LogP contribution in [-0.2, 0) is 12.8 Å². The molecule has 0 amide bonds. The van der Waals surface area contributed by atoms with E-state index >= 15 is 0 Å². The van der Waals surface area contributed by atoms with Crippen LogP contribution in [0.4, 0.5) is 5.69 Å². The van der Waals surface area contributed by atoms with Gasteiger partial charge in [0.1, 0.15) is 0 Å². The summed E-state index contributed by atoms with van der Waals surface area (Å²) in [6, 6.07) is 6.66. The number of nitrogens with zero attached hydrogens (tertiary/aromatic N) is 2. The minimum atomic E-state index is 1.08. The van der Waals surface area contributed by atoms with Gasteiger partial charge in [0, 0.05) is 30.4 Å². The van der Waals surface area contributed by atoms with E-state index in [0.29, 0.717) is 0 Å². The van der Waals surface area contributed by atoms with E-state index in [1.165, 1.54) is 28.6 Å². The summed E-state index contributed by atoms with van der Waals surface area (Å²) in [6.07, 6.45) is 5.48. The van der Waals surface area contributed by atoms with Crippen molar-refractivity contribution >= 4 is 16.6 Å². The molecule has 2 aromatic rings. The van der Waals surface area contributed by atoms with Crippen molar-refractivity contribution in [3.63, 3.8) is 0 Å². The summed E-state index contributed by atoms with van der Waals surface area (Å²) in [7, 11) is 4.23. The molecule has 1 aliphatic heterocycles. The fraction of sp³-hybridized carbons (Fsp3) is 0.438. The highest BCUT2D eigenvalue weighted by atomic mass is 15.0. The summed E-state index contributed by atoms with van der Waals surface area (Å²) >= 11 is 0. The fourth-order valence-electron chi connectivity index (χ4n) is 2.68. The normalized spacial score (nSPS) is 14.5. The molecular weight excluding hydrogens is 234 g/mol. The highest BCUT2D eigenvalue weighted by molar-refractivity contribution is 5.93. The maximum atomic E-state index is 4.58. The van der Waals surface area contributed by atoms with E-state index in [-0.39, 0.29) is 0 Å². The van der Waals surface area contributed by atoms with Crippen molar-refractivity contribution in [2.45, 2.75) is 19.3 Å². The second-order valence-electron chi connectivity index (χ2n) is 5.59. The molecule has 0 fully saturated rings. The highest BCUT2D eigenvalue weighted by Gasteiger charge is 2.12. The Balaban J connectivity index is 2.00. The van der Waals surface area contributed by atoms with Crippen molar-refractivity contribution in [3.05, 3.63) is 35.5 Å². The lowest BCUT2D eigenvalue weighted by Gasteiger charge is -2.20. The van der Waals surface area contributed by atoms with Crippen LogP contribution in [0.1, 0.15) is 17.5 Å². The maximum Gasteiger partial charge on any atom is 0.0723 e. The molecule has 3 rings (SSSR count). The Morgan fingerprint density at radius 3 is 3.05 bits per heavy atom. The lowest BCUT2D eigenvalue weighted by molar-refractivity contribution is 0.414. The smallest absolute Gasteiger partial charge is 0.0723 e. The molecule has 0 saturated heterocycles. The summed E-state index contributed by atoms with van der Waals surface area (Å²) in [5, 5.41) is 4.83. The summed E-state index contributed by atoms with van der Waals surface area (Å²) in [5.41, 5.74) is 5.16. The Bertz CT molecular complexity index is 590. The molecule has 1 aromatic carbocycles. The molecule has 3 nitrogen and oxygen atoms in total. The van der Waals surface area contributed by atoms with E-state index in [1.807, 2.05) is 6.20 Å². The van der Waals surface area contributed by atoms with Gasteiger partial charge < -0.3 is 10.2 Å². The first kappa shape index (κ1) is 12.4. The maximum absolute atomic E-state index is 4.58. The average Bonchev–Trinajstić information content (AvgIpc) is 2.44. The SMILES string of the molecule is CN(C)CCc1ccc2ncc3c(c2c1)NCCC3. The molecule has 19 heavy (non-hydrogen) atoms. The predicted octanol–water partition coefficient (Wildman–Crippen LogP) is 2.70. The van der Waals surface area contributed by atoms with Gasteiger partial charge >= 0.3 is 0 Å². The van der Waals surface area contributed by atoms with Gasteiger partial charge in [-0.05, 0) is 56.6 Å². The van der Waals surface area contributed by atoms with Crippen molar-refractivity contribution in [1.29, 1.82) is 0 Å². The van der Waals surface area contributed by atoms with Crippen LogP contribution in [0.25, 0.3) is 10.9 Å². The number of pyridine rings is 1. The number of hydrogen-bond acceptors (Lipinski definition) is 3. The van der Waals surface area contributed by atoms with Crippen molar-refractivity contribution in [3.8, 4) is 0 Å². The van der Waals surface area contributed by atoms with Gasteiger partial charge in [-0.25, -0.2) is 0 Å². The molecule has 0 spiro atoms. The molecule has 0 radical (unpaired) electrons. The lowest BCUT2D eigenvalue weighted by atomic mass is 10.00. The summed E-state index contributed by atoms with van der Waals surface area (Å²) in [4.78, 5) is 6.80. The molecule has 1 aromatic heterocycles. The van der Waals surface area contributed by atoms with Crippen molar-refractivity contribution in [1.82, 2.24) is 9.88 Å². The molecule has 0 bridgehead atoms. The third-order valence-electron chi connectivity index (χ3n) is 3.78. The zero-order valence-electron chi connectivity index (χ0n) is 11.7. The topological polar surface area (TPSA) is 28.2 Å². The van der Waals surface area contributed by atoms with Crippen LogP contribution in [0.15, 0.2) is 24.4 Å². The molecule has 100 valence electrons. The molecule has 1 aliphatic rings. The van der Waals surface area contributed by atoms with Crippen LogP contribution in [0, 0.1) is 0 Å². The van der Waals surface area contributed by atoms with Gasteiger partial charge in [-0.15, -0.1) is 0 Å². The first-order valence-corrected chi connectivity index (χ1v) is 7.03. The third kappa shape index (κ3) is 2.56. The van der Waals surface area contributed by atoms with E-state index in [1.54, 1.807) is 0 Å². The molecule has 3 heteroatoms. The number of benzene rings is 1. The Morgan fingerprint density at radius 1 is 1.32 bits per heavy atom. The Kier molecular flexibility index (Phi) is 3.38. The van der Waals surface area contributed by atoms with Crippen LogP contribution >= 0.6 is 0 Å². The molecule has 0 aliphatic carbocycles. The molecule has 0 saturated carbocycles. The quantitative estimate of drug-likeness (QED) is 0.914. The van der Waals surface area contributed by atoms with E-state index < -0.39 is 0 Å². The number of anilines is 1.